The van der Waals surface area contributed by atoms with Gasteiger partial charge in [-0.1, -0.05) is 26.3 Å². The monoisotopic (exact) mass is 204 g/mol. The van der Waals surface area contributed by atoms with Gasteiger partial charge in [-0.25, -0.2) is 4.52 Å². The molecule has 80 valence electrons. The molecule has 0 amide bonds. The molecule has 2 aromatic rings. The number of fused-ring (bicyclic) bond motifs is 1. The first kappa shape index (κ1) is 9.96. The second-order valence-corrected chi connectivity index (χ2v) is 3.83. The third-order valence-corrected chi connectivity index (χ3v) is 2.55. The van der Waals surface area contributed by atoms with Crippen LogP contribution in [0.1, 0.15) is 20.3 Å². The Hall–Kier alpha value is -1.58. The number of hydrogen-bond donors (Lipinski definition) is 1. The van der Waals surface area contributed by atoms with Gasteiger partial charge in [-0.2, -0.15) is 4.98 Å². The van der Waals surface area contributed by atoms with Gasteiger partial charge in [-0.15, -0.1) is 5.10 Å². The van der Waals surface area contributed by atoms with E-state index in [9.17, 15) is 0 Å². The number of nitrogens with one attached hydrogen (secondary N) is 1. The molecule has 2 rings (SSSR count). The van der Waals surface area contributed by atoms with Crippen molar-refractivity contribution in [1.82, 2.24) is 14.6 Å². The number of pyridine rings is 1. The average molecular weight is 204 g/mol. The van der Waals surface area contributed by atoms with Gasteiger partial charge < -0.3 is 5.32 Å². The average Bonchev–Trinajstić information content (AvgIpc) is 2.68. The maximum absolute atomic E-state index is 4.36. The third-order valence-electron chi connectivity index (χ3n) is 2.55. The van der Waals surface area contributed by atoms with Gasteiger partial charge in [0.1, 0.15) is 0 Å². The quantitative estimate of drug-likeness (QED) is 0.830. The standard InChI is InChI=1S/C11H16N4/c1-3-9(2)8-12-11-13-10-6-4-5-7-15(10)14-11/h4-7,9H,3,8H2,1-2H3,(H,12,14). The predicted molar refractivity (Wildman–Crippen MR) is 60.9 cm³/mol. The van der Waals surface area contributed by atoms with Crippen LogP contribution in [0.2, 0.25) is 0 Å². The van der Waals surface area contributed by atoms with Crippen LogP contribution in [0.3, 0.4) is 0 Å². The van der Waals surface area contributed by atoms with Gasteiger partial charge >= 0.3 is 0 Å². The first-order chi connectivity index (χ1) is 7.29. The summed E-state index contributed by atoms with van der Waals surface area (Å²) in [6, 6.07) is 5.85. The summed E-state index contributed by atoms with van der Waals surface area (Å²) >= 11 is 0. The largest absolute Gasteiger partial charge is 0.353 e. The number of rotatable bonds is 4. The topological polar surface area (TPSA) is 42.2 Å². The lowest BCUT2D eigenvalue weighted by Crippen LogP contribution is -2.11. The fourth-order valence-electron chi connectivity index (χ4n) is 1.32. The van der Waals surface area contributed by atoms with Crippen molar-refractivity contribution in [3.8, 4) is 0 Å². The molecule has 0 aliphatic carbocycles. The molecule has 0 aliphatic rings. The van der Waals surface area contributed by atoms with Crippen molar-refractivity contribution in [3.63, 3.8) is 0 Å². The van der Waals surface area contributed by atoms with Crippen molar-refractivity contribution in [2.45, 2.75) is 20.3 Å². The van der Waals surface area contributed by atoms with Gasteiger partial charge in [0.2, 0.25) is 5.95 Å². The summed E-state index contributed by atoms with van der Waals surface area (Å²) in [6.45, 7) is 5.32. The van der Waals surface area contributed by atoms with Crippen LogP contribution in [0.5, 0.6) is 0 Å². The van der Waals surface area contributed by atoms with Crippen molar-refractivity contribution >= 4 is 11.6 Å². The fourth-order valence-corrected chi connectivity index (χ4v) is 1.32. The van der Waals surface area contributed by atoms with E-state index >= 15 is 0 Å². The van der Waals surface area contributed by atoms with E-state index in [2.05, 4.69) is 29.2 Å². The van der Waals surface area contributed by atoms with E-state index in [1.165, 1.54) is 6.42 Å². The maximum Gasteiger partial charge on any atom is 0.243 e. The van der Waals surface area contributed by atoms with Crippen molar-refractivity contribution in [2.75, 3.05) is 11.9 Å². The zero-order chi connectivity index (χ0) is 10.7. The highest BCUT2D eigenvalue weighted by Gasteiger charge is 2.03. The normalized spacial score (nSPS) is 12.9. The second-order valence-electron chi connectivity index (χ2n) is 3.83. The highest BCUT2D eigenvalue weighted by molar-refractivity contribution is 5.42. The van der Waals surface area contributed by atoms with Gasteiger partial charge in [0, 0.05) is 12.7 Å². The smallest absolute Gasteiger partial charge is 0.243 e. The minimum absolute atomic E-state index is 0.650. The lowest BCUT2D eigenvalue weighted by atomic mass is 10.1. The molecule has 0 saturated heterocycles. The molecule has 2 heterocycles. The molecule has 0 radical (unpaired) electrons. The Kier molecular flexibility index (Phi) is 2.85. The van der Waals surface area contributed by atoms with Crippen molar-refractivity contribution in [2.24, 2.45) is 5.92 Å². The zero-order valence-corrected chi connectivity index (χ0v) is 9.14. The van der Waals surface area contributed by atoms with Crippen LogP contribution in [0.15, 0.2) is 24.4 Å². The zero-order valence-electron chi connectivity index (χ0n) is 9.14. The highest BCUT2D eigenvalue weighted by Crippen LogP contribution is 2.06. The van der Waals surface area contributed by atoms with E-state index < -0.39 is 0 Å². The molecule has 0 spiro atoms. The molecule has 0 fully saturated rings. The van der Waals surface area contributed by atoms with Gasteiger partial charge in [0.05, 0.1) is 0 Å². The molecule has 2 aromatic heterocycles. The van der Waals surface area contributed by atoms with Crippen LogP contribution >= 0.6 is 0 Å². The molecule has 0 saturated carbocycles. The SMILES string of the molecule is CCC(C)CNc1nc2ccccn2n1. The van der Waals surface area contributed by atoms with Crippen molar-refractivity contribution in [3.05, 3.63) is 24.4 Å². The second kappa shape index (κ2) is 4.29. The van der Waals surface area contributed by atoms with E-state index in [0.717, 1.165) is 12.2 Å². The summed E-state index contributed by atoms with van der Waals surface area (Å²) < 4.78 is 1.78. The third kappa shape index (κ3) is 2.26. The molecular formula is C11H16N4. The molecule has 0 bridgehead atoms. The van der Waals surface area contributed by atoms with E-state index in [1.54, 1.807) is 4.52 Å². The van der Waals surface area contributed by atoms with Crippen LogP contribution in [0, 0.1) is 5.92 Å². The molecule has 15 heavy (non-hydrogen) atoms. The molecular weight excluding hydrogens is 188 g/mol. The van der Waals surface area contributed by atoms with Crippen LogP contribution < -0.4 is 5.32 Å². The van der Waals surface area contributed by atoms with E-state index in [0.29, 0.717) is 11.9 Å². The van der Waals surface area contributed by atoms with Crippen LogP contribution in [-0.2, 0) is 0 Å². The summed E-state index contributed by atoms with van der Waals surface area (Å²) in [6.07, 6.45) is 3.07. The lowest BCUT2D eigenvalue weighted by Gasteiger charge is -2.07. The van der Waals surface area contributed by atoms with Crippen molar-refractivity contribution < 1.29 is 0 Å². The van der Waals surface area contributed by atoms with Gasteiger partial charge in [0.25, 0.3) is 0 Å². The summed E-state index contributed by atoms with van der Waals surface area (Å²) in [5, 5.41) is 7.56. The minimum Gasteiger partial charge on any atom is -0.353 e. The Bertz CT molecular complexity index is 402. The van der Waals surface area contributed by atoms with Crippen LogP contribution in [0.4, 0.5) is 5.95 Å². The van der Waals surface area contributed by atoms with E-state index in [-0.39, 0.29) is 0 Å². The highest BCUT2D eigenvalue weighted by atomic mass is 15.3. The summed E-state index contributed by atoms with van der Waals surface area (Å²) in [5.74, 6) is 1.36. The van der Waals surface area contributed by atoms with Gasteiger partial charge in [-0.3, -0.25) is 0 Å². The Labute approximate surface area is 89.3 Å². The molecule has 4 heteroatoms. The first-order valence-electron chi connectivity index (χ1n) is 5.35. The van der Waals surface area contributed by atoms with Gasteiger partial charge in [-0.05, 0) is 18.1 Å². The summed E-state index contributed by atoms with van der Waals surface area (Å²) in [7, 11) is 0. The first-order valence-corrected chi connectivity index (χ1v) is 5.35. The van der Waals surface area contributed by atoms with Crippen molar-refractivity contribution in [1.29, 1.82) is 0 Å². The number of anilines is 1. The molecule has 4 nitrogen and oxygen atoms in total. The van der Waals surface area contributed by atoms with E-state index in [4.69, 9.17) is 0 Å². The lowest BCUT2D eigenvalue weighted by molar-refractivity contribution is 0.591. The Balaban J connectivity index is 2.09. The maximum atomic E-state index is 4.36. The number of aromatic nitrogens is 3. The predicted octanol–water partition coefficient (Wildman–Crippen LogP) is 2.19. The molecule has 0 aliphatic heterocycles. The van der Waals surface area contributed by atoms with Crippen LogP contribution in [0.25, 0.3) is 5.65 Å². The fraction of sp³-hybridized carbons (Fsp3) is 0.455. The Morgan fingerprint density at radius 1 is 1.47 bits per heavy atom. The Morgan fingerprint density at radius 3 is 3.07 bits per heavy atom. The molecule has 1 N–H and O–H groups in total. The van der Waals surface area contributed by atoms with E-state index in [1.807, 2.05) is 24.4 Å². The minimum atomic E-state index is 0.650. The number of hydrogen-bond acceptors (Lipinski definition) is 3. The molecule has 0 aromatic carbocycles. The van der Waals surface area contributed by atoms with Gasteiger partial charge in [0.15, 0.2) is 5.65 Å². The summed E-state index contributed by atoms with van der Waals surface area (Å²) in [4.78, 5) is 4.36. The molecule has 1 unspecified atom stereocenters. The van der Waals surface area contributed by atoms with Crippen LogP contribution in [-0.4, -0.2) is 21.1 Å². The summed E-state index contributed by atoms with van der Waals surface area (Å²) in [5.41, 5.74) is 0.879. The number of nitrogens with zero attached hydrogens (tertiary/aromatic N) is 3. The molecule has 1 atom stereocenters. The Morgan fingerprint density at radius 2 is 2.33 bits per heavy atom.